The van der Waals surface area contributed by atoms with Gasteiger partial charge in [-0.25, -0.2) is 13.8 Å². The Balaban J connectivity index is 3.38. The third-order valence-electron chi connectivity index (χ3n) is 1.83. The van der Waals surface area contributed by atoms with Crippen LogP contribution in [0.25, 0.3) is 0 Å². The fraction of sp³-hybridized carbons (Fsp3) is 0.375. The van der Waals surface area contributed by atoms with E-state index in [9.17, 15) is 22.0 Å². The van der Waals surface area contributed by atoms with Gasteiger partial charge in [0, 0.05) is 5.88 Å². The SMILES string of the molecule is Nc1nc(C(F)(F)F)cc(CCl)c1C(F)F. The number of halogens is 6. The molecule has 0 amide bonds. The number of nitrogens with zero attached hydrogens (tertiary/aromatic N) is 1. The van der Waals surface area contributed by atoms with E-state index in [0.29, 0.717) is 6.07 Å². The standard InChI is InChI=1S/C8H6ClF5N2/c9-2-3-1-4(8(12,13)14)16-7(15)5(3)6(10)11/h1,6H,2H2,(H2,15,16). The van der Waals surface area contributed by atoms with E-state index in [-0.39, 0.29) is 5.56 Å². The predicted molar refractivity (Wildman–Crippen MR) is 48.2 cm³/mol. The van der Waals surface area contributed by atoms with Crippen LogP contribution < -0.4 is 5.73 Å². The molecule has 90 valence electrons. The molecule has 0 bridgehead atoms. The van der Waals surface area contributed by atoms with Gasteiger partial charge in [-0.05, 0) is 11.6 Å². The summed E-state index contributed by atoms with van der Waals surface area (Å²) in [6, 6.07) is 0.477. The van der Waals surface area contributed by atoms with Crippen molar-refractivity contribution in [1.29, 1.82) is 0 Å². The molecule has 1 aromatic rings. The Morgan fingerprint density at radius 1 is 1.38 bits per heavy atom. The lowest BCUT2D eigenvalue weighted by Crippen LogP contribution is -2.13. The molecule has 0 fully saturated rings. The molecule has 1 aromatic heterocycles. The van der Waals surface area contributed by atoms with Crippen LogP contribution in [-0.4, -0.2) is 4.98 Å². The fourth-order valence-electron chi connectivity index (χ4n) is 1.14. The van der Waals surface area contributed by atoms with Gasteiger partial charge in [-0.1, -0.05) is 0 Å². The maximum Gasteiger partial charge on any atom is 0.433 e. The second kappa shape index (κ2) is 4.40. The Bertz CT molecular complexity index is 391. The van der Waals surface area contributed by atoms with Crippen molar-refractivity contribution in [2.24, 2.45) is 0 Å². The summed E-state index contributed by atoms with van der Waals surface area (Å²) in [4.78, 5) is 2.89. The maximum absolute atomic E-state index is 12.4. The van der Waals surface area contributed by atoms with Crippen molar-refractivity contribution < 1.29 is 22.0 Å². The summed E-state index contributed by atoms with van der Waals surface area (Å²) in [6.07, 6.45) is -7.75. The van der Waals surface area contributed by atoms with Crippen LogP contribution in [0.1, 0.15) is 23.2 Å². The second-order valence-corrected chi connectivity index (χ2v) is 3.16. The first-order valence-corrected chi connectivity index (χ1v) is 4.51. The first kappa shape index (κ1) is 13.0. The summed E-state index contributed by atoms with van der Waals surface area (Å²) >= 11 is 5.29. The molecule has 0 atom stereocenters. The normalized spacial score (nSPS) is 12.2. The van der Waals surface area contributed by atoms with Gasteiger partial charge in [0.05, 0.1) is 5.56 Å². The molecular weight excluding hydrogens is 255 g/mol. The van der Waals surface area contributed by atoms with Gasteiger partial charge >= 0.3 is 6.18 Å². The molecule has 0 saturated heterocycles. The van der Waals surface area contributed by atoms with Crippen LogP contribution in [0.5, 0.6) is 0 Å². The number of nitrogen functional groups attached to an aromatic ring is 1. The van der Waals surface area contributed by atoms with Gasteiger partial charge in [-0.15, -0.1) is 11.6 Å². The van der Waals surface area contributed by atoms with Crippen LogP contribution in [0.2, 0.25) is 0 Å². The molecule has 0 saturated carbocycles. The van der Waals surface area contributed by atoms with E-state index in [2.05, 4.69) is 4.98 Å². The van der Waals surface area contributed by atoms with Crippen molar-refractivity contribution in [2.75, 3.05) is 5.73 Å². The second-order valence-electron chi connectivity index (χ2n) is 2.90. The quantitative estimate of drug-likeness (QED) is 0.654. The van der Waals surface area contributed by atoms with Gasteiger partial charge < -0.3 is 5.73 Å². The topological polar surface area (TPSA) is 38.9 Å². The smallest absolute Gasteiger partial charge is 0.383 e. The summed E-state index contributed by atoms with van der Waals surface area (Å²) in [5.41, 5.74) is 2.61. The van der Waals surface area contributed by atoms with Crippen LogP contribution in [0.3, 0.4) is 0 Å². The van der Waals surface area contributed by atoms with Crippen LogP contribution >= 0.6 is 11.6 Å². The molecule has 0 spiro atoms. The van der Waals surface area contributed by atoms with Gasteiger partial charge in [0.15, 0.2) is 0 Å². The van der Waals surface area contributed by atoms with E-state index in [1.807, 2.05) is 0 Å². The average molecular weight is 261 g/mol. The monoisotopic (exact) mass is 260 g/mol. The van der Waals surface area contributed by atoms with Gasteiger partial charge in [-0.3, -0.25) is 0 Å². The highest BCUT2D eigenvalue weighted by molar-refractivity contribution is 6.17. The zero-order chi connectivity index (χ0) is 12.5. The summed E-state index contributed by atoms with van der Waals surface area (Å²) in [6.45, 7) is 0. The highest BCUT2D eigenvalue weighted by Gasteiger charge is 2.34. The summed E-state index contributed by atoms with van der Waals surface area (Å²) in [7, 11) is 0. The van der Waals surface area contributed by atoms with Crippen LogP contribution in [-0.2, 0) is 12.1 Å². The Morgan fingerprint density at radius 3 is 2.31 bits per heavy atom. The van der Waals surface area contributed by atoms with Crippen LogP contribution in [0.4, 0.5) is 27.8 Å². The molecule has 2 nitrogen and oxygen atoms in total. The summed E-state index contributed by atoms with van der Waals surface area (Å²) in [5.74, 6) is -1.34. The van der Waals surface area contributed by atoms with E-state index < -0.39 is 35.6 Å². The Hall–Kier alpha value is -1.11. The van der Waals surface area contributed by atoms with Crippen molar-refractivity contribution in [2.45, 2.75) is 18.5 Å². The number of alkyl halides is 6. The lowest BCUT2D eigenvalue weighted by molar-refractivity contribution is -0.141. The number of rotatable bonds is 2. The molecule has 1 rings (SSSR count). The summed E-state index contributed by atoms with van der Waals surface area (Å²) in [5, 5.41) is 0. The van der Waals surface area contributed by atoms with Gasteiger partial charge in [0.25, 0.3) is 6.43 Å². The van der Waals surface area contributed by atoms with E-state index in [1.54, 1.807) is 0 Å². The largest absolute Gasteiger partial charge is 0.433 e. The minimum atomic E-state index is -4.74. The zero-order valence-electron chi connectivity index (χ0n) is 7.65. The number of aromatic nitrogens is 1. The third kappa shape index (κ3) is 2.52. The molecular formula is C8H6ClF5N2. The van der Waals surface area contributed by atoms with Crippen molar-refractivity contribution in [3.8, 4) is 0 Å². The Kier molecular flexibility index (Phi) is 3.57. The minimum Gasteiger partial charge on any atom is -0.383 e. The van der Waals surface area contributed by atoms with Crippen LogP contribution in [0.15, 0.2) is 6.07 Å². The molecule has 0 unspecified atom stereocenters. The van der Waals surface area contributed by atoms with Crippen molar-refractivity contribution in [3.05, 3.63) is 22.9 Å². The van der Waals surface area contributed by atoms with E-state index >= 15 is 0 Å². The number of hydrogen-bond acceptors (Lipinski definition) is 2. The zero-order valence-corrected chi connectivity index (χ0v) is 8.41. The number of anilines is 1. The molecule has 0 aliphatic carbocycles. The van der Waals surface area contributed by atoms with E-state index in [1.165, 1.54) is 0 Å². The molecule has 0 radical (unpaired) electrons. The first-order valence-electron chi connectivity index (χ1n) is 3.98. The number of pyridine rings is 1. The number of hydrogen-bond donors (Lipinski definition) is 1. The summed E-state index contributed by atoms with van der Waals surface area (Å²) < 4.78 is 61.7. The molecule has 0 aliphatic rings. The van der Waals surface area contributed by atoms with Crippen molar-refractivity contribution >= 4 is 17.4 Å². The molecule has 16 heavy (non-hydrogen) atoms. The highest BCUT2D eigenvalue weighted by Crippen LogP contribution is 2.34. The molecule has 2 N–H and O–H groups in total. The highest BCUT2D eigenvalue weighted by atomic mass is 35.5. The molecule has 0 aromatic carbocycles. The first-order chi connectivity index (χ1) is 7.27. The van der Waals surface area contributed by atoms with E-state index in [0.717, 1.165) is 0 Å². The van der Waals surface area contributed by atoms with Crippen molar-refractivity contribution in [3.63, 3.8) is 0 Å². The van der Waals surface area contributed by atoms with Gasteiger partial charge in [0.1, 0.15) is 11.5 Å². The lowest BCUT2D eigenvalue weighted by Gasteiger charge is -2.13. The Labute approximate surface area is 92.2 Å². The molecule has 8 heteroatoms. The molecule has 1 heterocycles. The minimum absolute atomic E-state index is 0.364. The van der Waals surface area contributed by atoms with E-state index in [4.69, 9.17) is 17.3 Å². The maximum atomic E-state index is 12.4. The average Bonchev–Trinajstić information content (AvgIpc) is 2.14. The van der Waals surface area contributed by atoms with Gasteiger partial charge in [-0.2, -0.15) is 13.2 Å². The van der Waals surface area contributed by atoms with Crippen molar-refractivity contribution in [1.82, 2.24) is 4.98 Å². The Morgan fingerprint density at radius 2 is 1.94 bits per heavy atom. The predicted octanol–water partition coefficient (Wildman–Crippen LogP) is 3.36. The molecule has 0 aliphatic heterocycles. The van der Waals surface area contributed by atoms with Gasteiger partial charge in [0.2, 0.25) is 0 Å². The third-order valence-corrected chi connectivity index (χ3v) is 2.11. The lowest BCUT2D eigenvalue weighted by atomic mass is 10.1. The van der Waals surface area contributed by atoms with Crippen LogP contribution in [0, 0.1) is 0 Å². The fourth-order valence-corrected chi connectivity index (χ4v) is 1.36. The number of nitrogens with two attached hydrogens (primary N) is 1.